The van der Waals surface area contributed by atoms with Gasteiger partial charge in [-0.1, -0.05) is 0 Å². The molecule has 0 fully saturated rings. The van der Waals surface area contributed by atoms with Crippen molar-refractivity contribution in [3.63, 3.8) is 0 Å². The molecule has 6 heteroatoms. The topological polar surface area (TPSA) is 66.3 Å². The summed E-state index contributed by atoms with van der Waals surface area (Å²) in [6, 6.07) is 0. The van der Waals surface area contributed by atoms with Gasteiger partial charge in [-0.2, -0.15) is 13.5 Å². The smallest absolute Gasteiger partial charge is 0.282 e. The third kappa shape index (κ3) is 35.2. The first kappa shape index (κ1) is 15.7. The Morgan fingerprint density at radius 2 is 1.33 bits per heavy atom. The van der Waals surface area contributed by atoms with Gasteiger partial charge in [0.2, 0.25) is 0 Å². The molecule has 0 aromatic carbocycles. The van der Waals surface area contributed by atoms with Crippen molar-refractivity contribution in [1.29, 1.82) is 0 Å². The molecule has 0 aliphatic rings. The molecule has 0 heterocycles. The molecule has 3 nitrogen and oxygen atoms in total. The zero-order chi connectivity index (χ0) is 3.58. The van der Waals surface area contributed by atoms with Crippen LogP contribution in [0.1, 0.15) is 0 Å². The number of hydrogen-bond donors (Lipinski definition) is 1. The summed E-state index contributed by atoms with van der Waals surface area (Å²) in [6.45, 7) is 0. The van der Waals surface area contributed by atoms with Crippen LogP contribution in [0.3, 0.4) is 0 Å². The van der Waals surface area contributed by atoms with Crippen LogP contribution in [-0.4, -0.2) is 56.0 Å². The minimum Gasteiger partial charge on any atom is -0.321 e. The Kier molecular flexibility index (Phi) is 26.7. The normalized spacial score (nSPS) is 6.00. The van der Waals surface area contributed by atoms with Crippen LogP contribution in [0.25, 0.3) is 0 Å². The quantitative estimate of drug-likeness (QED) is 0.377. The van der Waals surface area contributed by atoms with E-state index in [-0.39, 0.29) is 64.9 Å². The van der Waals surface area contributed by atoms with Crippen molar-refractivity contribution in [2.45, 2.75) is 0 Å². The molecule has 0 atom stereocenters. The molecule has 0 bridgehead atoms. The van der Waals surface area contributed by atoms with Crippen LogP contribution in [0.15, 0.2) is 0 Å². The average molecular weight is 158 g/mol. The summed E-state index contributed by atoms with van der Waals surface area (Å²) >= 11 is 0. The van der Waals surface area contributed by atoms with Crippen LogP contribution < -0.4 is 9.32 Å². The molecule has 0 saturated heterocycles. The molecular weight excluding hydrogens is 155 g/mol. The fourth-order valence-corrected chi connectivity index (χ4v) is 0. The van der Waals surface area contributed by atoms with Gasteiger partial charge in [-0.25, -0.2) is 0 Å². The van der Waals surface area contributed by atoms with Gasteiger partial charge in [-0.3, -0.25) is 0 Å². The molecule has 6 heavy (non-hydrogen) atoms. The van der Waals surface area contributed by atoms with Gasteiger partial charge in [-0.15, -0.1) is 0 Å². The van der Waals surface area contributed by atoms with Crippen LogP contribution in [0.2, 0.25) is 0 Å². The first-order valence-electron chi connectivity index (χ1n) is 0.478. The van der Waals surface area contributed by atoms with E-state index in [2.05, 4.69) is 0 Å². The van der Waals surface area contributed by atoms with Crippen molar-refractivity contribution < 1.29 is 24.8 Å². The van der Waals surface area contributed by atoms with Gasteiger partial charge in [-0.05, 0) is 0 Å². The first-order chi connectivity index (χ1) is 1.73. The van der Waals surface area contributed by atoms with E-state index in [1.807, 2.05) is 0 Å². The molecule has 1 radical (unpaired) electrons. The van der Waals surface area contributed by atoms with E-state index in [1.165, 1.54) is 0 Å². The van der Waals surface area contributed by atoms with Crippen LogP contribution >= 0.6 is 13.5 Å². The molecule has 0 rings (SSSR count). The molecule has 0 amide bonds. The van der Waals surface area contributed by atoms with Gasteiger partial charge in [0, 0.05) is 56.0 Å². The maximum atomic E-state index is 8.52. The second-order valence-corrected chi connectivity index (χ2v) is 0.603. The molecule has 35 valence electrons. The van der Waals surface area contributed by atoms with Gasteiger partial charge in [0.1, 0.15) is 0 Å². The van der Waals surface area contributed by atoms with Gasteiger partial charge in [0.05, 0.1) is 0 Å². The predicted octanol–water partition coefficient (Wildman–Crippen LogP) is -3.20. The summed E-state index contributed by atoms with van der Waals surface area (Å²) in [4.78, 5) is 0. The Bertz CT molecular complexity index is 15.5. The summed E-state index contributed by atoms with van der Waals surface area (Å²) in [6.07, 6.45) is 0. The number of hydrogen-bond acceptors (Lipinski definition) is 3. The predicted molar refractivity (Wildman–Crippen MR) is 18.4 cm³/mol. The number of rotatable bonds is 0. The summed E-state index contributed by atoms with van der Waals surface area (Å²) in [5, 5.41) is 0. The third-order valence-electron chi connectivity index (χ3n) is 0. The largest absolute Gasteiger partial charge is 0.321 e. The molecule has 1 N–H and O–H groups in total. The van der Waals surface area contributed by atoms with E-state index in [9.17, 15) is 0 Å². The fraction of sp³-hybridized carbons (Fsp3) is 0. The molecular formula is H3ClKO3S. The minimum absolute atomic E-state index is 0. The molecule has 0 unspecified atom stereocenters. The van der Waals surface area contributed by atoms with E-state index in [0.717, 1.165) is 0 Å². The maximum absolute atomic E-state index is 8.52. The maximum Gasteiger partial charge on any atom is 0.282 e. The van der Waals surface area contributed by atoms with Gasteiger partial charge >= 0.3 is 0 Å². The van der Waals surface area contributed by atoms with Crippen molar-refractivity contribution in [2.24, 2.45) is 0 Å². The second-order valence-electron chi connectivity index (χ2n) is 0.201. The second kappa shape index (κ2) is 10.2. The molecule has 0 spiro atoms. The van der Waals surface area contributed by atoms with Gasteiger partial charge in [0.25, 0.3) is 10.8 Å². The van der Waals surface area contributed by atoms with Crippen LogP contribution in [0, 0.1) is 10.8 Å². The molecule has 0 aliphatic carbocycles. The molecule has 0 aromatic heterocycles. The van der Waals surface area contributed by atoms with E-state index < -0.39 is 10.8 Å². The molecule has 0 aliphatic heterocycles. The Morgan fingerprint density at radius 1 is 1.33 bits per heavy atom. The minimum atomic E-state index is -2.60. The standard InChI is InChI=1S/ClHO3.K.H2S/c2-1(3)4;;/h2H;;1H2. The zero-order valence-electron chi connectivity index (χ0n) is 3.14. The first-order valence-corrected chi connectivity index (χ1v) is 1.43. The third-order valence-corrected chi connectivity index (χ3v) is 0. The van der Waals surface area contributed by atoms with Crippen molar-refractivity contribution in [3.8, 4) is 0 Å². The fourth-order valence-electron chi connectivity index (χ4n) is 0. The number of halogens is 1. The Morgan fingerprint density at radius 3 is 1.33 bits per heavy atom. The van der Waals surface area contributed by atoms with E-state index in [4.69, 9.17) is 14.0 Å². The molecule has 0 saturated carbocycles. The Hall–Kier alpha value is 2.16. The summed E-state index contributed by atoms with van der Waals surface area (Å²) in [5.74, 6) is 0. The SMILES string of the molecule is S.[K].[O-][Cl+2]([O-])O. The van der Waals surface area contributed by atoms with E-state index in [1.54, 1.807) is 0 Å². The van der Waals surface area contributed by atoms with Crippen molar-refractivity contribution >= 4 is 64.9 Å². The monoisotopic (exact) mass is 157 g/mol. The summed E-state index contributed by atoms with van der Waals surface area (Å²) < 4.78 is 24.0. The van der Waals surface area contributed by atoms with Crippen LogP contribution in [0.5, 0.6) is 0 Å². The van der Waals surface area contributed by atoms with Crippen molar-refractivity contribution in [3.05, 3.63) is 0 Å². The van der Waals surface area contributed by atoms with E-state index >= 15 is 0 Å². The Balaban J connectivity index is -0.0000000450. The summed E-state index contributed by atoms with van der Waals surface area (Å²) in [7, 11) is -2.60. The van der Waals surface area contributed by atoms with Gasteiger partial charge in [0.15, 0.2) is 0 Å². The van der Waals surface area contributed by atoms with Crippen molar-refractivity contribution in [2.75, 3.05) is 0 Å². The van der Waals surface area contributed by atoms with E-state index in [0.29, 0.717) is 0 Å². The zero-order valence-corrected chi connectivity index (χ0v) is 8.02. The van der Waals surface area contributed by atoms with Crippen molar-refractivity contribution in [1.82, 2.24) is 0 Å². The van der Waals surface area contributed by atoms with Gasteiger partial charge < -0.3 is 9.32 Å². The summed E-state index contributed by atoms with van der Waals surface area (Å²) in [5.41, 5.74) is 0. The van der Waals surface area contributed by atoms with Crippen LogP contribution in [0.4, 0.5) is 0 Å². The Labute approximate surface area is 88.0 Å². The average Bonchev–Trinajstić information content (AvgIpc) is 0.811. The molecule has 0 aromatic rings. The van der Waals surface area contributed by atoms with Crippen LogP contribution in [-0.2, 0) is 0 Å².